The maximum Gasteiger partial charge on any atom is 0.328 e. The Hall–Kier alpha value is -2.46. The van der Waals surface area contributed by atoms with Gasteiger partial charge < -0.3 is 0 Å². The van der Waals surface area contributed by atoms with Crippen LogP contribution in [-0.2, 0) is 0 Å². The summed E-state index contributed by atoms with van der Waals surface area (Å²) in [5.41, 5.74) is -0.353. The van der Waals surface area contributed by atoms with E-state index in [1.54, 1.807) is 17.0 Å². The Balaban J connectivity index is 1.50. The van der Waals surface area contributed by atoms with E-state index in [2.05, 4.69) is 16.1 Å². The molecule has 2 amide bonds. The minimum absolute atomic E-state index is 0.171. The average Bonchev–Trinajstić information content (AvgIpc) is 3.42. The highest BCUT2D eigenvalue weighted by Crippen LogP contribution is 2.41. The zero-order valence-corrected chi connectivity index (χ0v) is 19.7. The lowest BCUT2D eigenvalue weighted by molar-refractivity contribution is 0.132. The summed E-state index contributed by atoms with van der Waals surface area (Å²) in [6, 6.07) is 5.09. The molecule has 1 unspecified atom stereocenters. The molecule has 2 heterocycles. The summed E-state index contributed by atoms with van der Waals surface area (Å²) in [4.78, 5) is 22.1. The second-order valence-electron chi connectivity index (χ2n) is 10.4. The minimum atomic E-state index is -1.01. The lowest BCUT2D eigenvalue weighted by atomic mass is 9.80. The summed E-state index contributed by atoms with van der Waals surface area (Å²) in [6.45, 7) is 1.68. The van der Waals surface area contributed by atoms with E-state index in [1.165, 1.54) is 37.8 Å². The van der Waals surface area contributed by atoms with Crippen molar-refractivity contribution in [3.8, 4) is 12.3 Å². The van der Waals surface area contributed by atoms with Gasteiger partial charge in [-0.15, -0.1) is 6.42 Å². The zero-order valence-electron chi connectivity index (χ0n) is 19.7. The monoisotopic (exact) mass is 468 g/mol. The van der Waals surface area contributed by atoms with Gasteiger partial charge in [0.15, 0.2) is 0 Å². The van der Waals surface area contributed by atoms with E-state index in [9.17, 15) is 13.6 Å². The van der Waals surface area contributed by atoms with Crippen molar-refractivity contribution < 1.29 is 13.6 Å². The highest BCUT2D eigenvalue weighted by atomic mass is 19.1. The Kier molecular flexibility index (Phi) is 6.61. The molecule has 4 aliphatic rings. The molecule has 4 fully saturated rings. The van der Waals surface area contributed by atoms with Crippen LogP contribution in [0.5, 0.6) is 0 Å². The van der Waals surface area contributed by atoms with Crippen molar-refractivity contribution in [1.82, 2.24) is 10.2 Å². The number of halogens is 2. The van der Waals surface area contributed by atoms with E-state index >= 15 is 0 Å². The van der Waals surface area contributed by atoms with Gasteiger partial charge >= 0.3 is 6.03 Å². The van der Waals surface area contributed by atoms with Gasteiger partial charge in [0.25, 0.3) is 0 Å². The third-order valence-corrected chi connectivity index (χ3v) is 8.25. The number of anilines is 1. The van der Waals surface area contributed by atoms with Gasteiger partial charge in [-0.05, 0) is 56.2 Å². The molecule has 182 valence electrons. The molecule has 0 bridgehead atoms. The van der Waals surface area contributed by atoms with Gasteiger partial charge in [0.2, 0.25) is 0 Å². The standard InChI is InChI=1S/C27H34F2N4O/c1-2-21-17-27(14-15-32(21)18-19-8-3-4-9-19)25(30-24-13-6-5-12-23(24)29)31-26(34)33(27)22-11-7-10-20(28)16-22/h1,7,10-11,16,19,21,23-24H,3-6,8-9,12-15,17-18H2,(H,30,31,34)/t21-,23+,24?,27+/m0/s1. The Morgan fingerprint density at radius 2 is 1.94 bits per heavy atom. The molecule has 2 aliphatic carbocycles. The van der Waals surface area contributed by atoms with Crippen LogP contribution in [0, 0.1) is 24.1 Å². The van der Waals surface area contributed by atoms with Crippen molar-refractivity contribution in [2.45, 2.75) is 88.0 Å². The van der Waals surface area contributed by atoms with Crippen LogP contribution in [0.25, 0.3) is 0 Å². The number of piperidine rings is 1. The van der Waals surface area contributed by atoms with Gasteiger partial charge in [0.1, 0.15) is 23.4 Å². The second-order valence-corrected chi connectivity index (χ2v) is 10.4. The van der Waals surface area contributed by atoms with Crippen molar-refractivity contribution in [2.75, 3.05) is 18.0 Å². The van der Waals surface area contributed by atoms with Gasteiger partial charge in [-0.25, -0.2) is 13.6 Å². The number of terminal acetylenes is 1. The summed E-state index contributed by atoms with van der Waals surface area (Å²) < 4.78 is 28.9. The molecule has 1 aromatic carbocycles. The van der Waals surface area contributed by atoms with Crippen LogP contribution >= 0.6 is 0 Å². The fourth-order valence-corrected chi connectivity index (χ4v) is 6.44. The second kappa shape index (κ2) is 9.65. The largest absolute Gasteiger partial charge is 0.328 e. The van der Waals surface area contributed by atoms with E-state index < -0.39 is 23.6 Å². The molecule has 2 aliphatic heterocycles. The number of rotatable bonds is 4. The number of hydrogen-bond donors (Lipinski definition) is 1. The molecule has 4 atom stereocenters. The van der Waals surface area contributed by atoms with E-state index in [4.69, 9.17) is 11.4 Å². The third-order valence-electron chi connectivity index (χ3n) is 8.25. The topological polar surface area (TPSA) is 47.9 Å². The van der Waals surface area contributed by atoms with Gasteiger partial charge in [-0.1, -0.05) is 37.7 Å². The molecule has 2 saturated carbocycles. The van der Waals surface area contributed by atoms with E-state index in [1.807, 2.05) is 0 Å². The molecule has 1 spiro atoms. The van der Waals surface area contributed by atoms with Crippen LogP contribution in [-0.4, -0.2) is 53.7 Å². The quantitative estimate of drug-likeness (QED) is 0.628. The van der Waals surface area contributed by atoms with Gasteiger partial charge in [0, 0.05) is 25.2 Å². The smallest absolute Gasteiger partial charge is 0.294 e. The number of aliphatic imine (C=N–C) groups is 1. The number of benzene rings is 1. The van der Waals surface area contributed by atoms with Crippen LogP contribution in [0.15, 0.2) is 29.3 Å². The molecule has 1 N–H and O–H groups in total. The Labute approximate surface area is 201 Å². The fourth-order valence-electron chi connectivity index (χ4n) is 6.44. The summed E-state index contributed by atoms with van der Waals surface area (Å²) in [5, 5.41) is 2.94. The lowest BCUT2D eigenvalue weighted by Crippen LogP contribution is -2.60. The van der Waals surface area contributed by atoms with E-state index in [-0.39, 0.29) is 12.1 Å². The predicted octanol–water partition coefficient (Wildman–Crippen LogP) is 5.06. The minimum Gasteiger partial charge on any atom is -0.294 e. The number of hydrogen-bond acceptors (Lipinski definition) is 3. The first-order chi connectivity index (χ1) is 16.5. The molecular weight excluding hydrogens is 434 g/mol. The van der Waals surface area contributed by atoms with Crippen LogP contribution in [0.3, 0.4) is 0 Å². The number of amidine groups is 1. The van der Waals surface area contributed by atoms with Crippen molar-refractivity contribution in [2.24, 2.45) is 10.9 Å². The normalized spacial score (nSPS) is 34.0. The van der Waals surface area contributed by atoms with Crippen LogP contribution < -0.4 is 10.2 Å². The molecular formula is C27H34F2N4O. The molecule has 2 saturated heterocycles. The molecule has 34 heavy (non-hydrogen) atoms. The number of likely N-dealkylation sites (tertiary alicyclic amines) is 1. The number of nitrogens with one attached hydrogen (secondary N) is 1. The number of urea groups is 1. The molecule has 7 heteroatoms. The Morgan fingerprint density at radius 3 is 2.68 bits per heavy atom. The van der Waals surface area contributed by atoms with Crippen molar-refractivity contribution >= 4 is 17.6 Å². The van der Waals surface area contributed by atoms with Crippen molar-refractivity contribution in [3.05, 3.63) is 30.1 Å². The SMILES string of the molecule is C#C[C@H]1C[C@]2(CCN1CC1CCCC1)C(=NC1CCCC[C@H]1F)NC(=O)N2c1cccc(F)c1. The van der Waals surface area contributed by atoms with Gasteiger partial charge in [-0.2, -0.15) is 0 Å². The molecule has 1 aromatic rings. The van der Waals surface area contributed by atoms with Crippen LogP contribution in [0.4, 0.5) is 19.3 Å². The van der Waals surface area contributed by atoms with E-state index in [0.29, 0.717) is 43.1 Å². The molecule has 0 radical (unpaired) electrons. The first kappa shape index (κ1) is 23.3. The zero-order chi connectivity index (χ0) is 23.7. The molecule has 5 rings (SSSR count). The highest BCUT2D eigenvalue weighted by Gasteiger charge is 2.55. The summed E-state index contributed by atoms with van der Waals surface area (Å²) in [6.07, 6.45) is 14.1. The first-order valence-corrected chi connectivity index (χ1v) is 12.8. The van der Waals surface area contributed by atoms with Crippen molar-refractivity contribution in [1.29, 1.82) is 0 Å². The Bertz CT molecular complexity index is 985. The number of nitrogens with zero attached hydrogens (tertiary/aromatic N) is 3. The number of alkyl halides is 1. The summed E-state index contributed by atoms with van der Waals surface area (Å²) in [7, 11) is 0. The lowest BCUT2D eigenvalue weighted by Gasteiger charge is -2.47. The molecule has 5 nitrogen and oxygen atoms in total. The number of carbonyl (C=O) groups excluding carboxylic acids is 1. The number of amides is 2. The van der Waals surface area contributed by atoms with Gasteiger partial charge in [-0.3, -0.25) is 20.1 Å². The average molecular weight is 469 g/mol. The summed E-state index contributed by atoms with van der Waals surface area (Å²) >= 11 is 0. The van der Waals surface area contributed by atoms with Gasteiger partial charge in [0.05, 0.1) is 12.1 Å². The molecule has 0 aromatic heterocycles. The van der Waals surface area contributed by atoms with Crippen LogP contribution in [0.1, 0.15) is 64.2 Å². The maximum absolute atomic E-state index is 14.7. The maximum atomic E-state index is 14.7. The van der Waals surface area contributed by atoms with E-state index in [0.717, 1.165) is 25.9 Å². The van der Waals surface area contributed by atoms with Crippen LogP contribution in [0.2, 0.25) is 0 Å². The Morgan fingerprint density at radius 1 is 1.18 bits per heavy atom. The van der Waals surface area contributed by atoms with Crippen molar-refractivity contribution in [3.63, 3.8) is 0 Å². The third kappa shape index (κ3) is 4.33. The number of carbonyl (C=O) groups is 1. The first-order valence-electron chi connectivity index (χ1n) is 12.8. The fraction of sp³-hybridized carbons (Fsp3) is 0.630. The summed E-state index contributed by atoms with van der Waals surface area (Å²) in [5.74, 6) is 3.72. The predicted molar refractivity (Wildman–Crippen MR) is 130 cm³/mol. The highest BCUT2D eigenvalue weighted by molar-refractivity contribution is 6.19.